The number of hydrogen-bond donors (Lipinski definition) is 0. The van der Waals surface area contributed by atoms with E-state index in [2.05, 4.69) is 4.74 Å². The third-order valence-corrected chi connectivity index (χ3v) is 2.44. The SMILES string of the molecule is CC(=O)OCC(=O)c1c(COC(C)=O)cccc1[N+](=O)[O-]. The summed E-state index contributed by atoms with van der Waals surface area (Å²) >= 11 is 0. The van der Waals surface area contributed by atoms with Gasteiger partial charge in [-0.25, -0.2) is 0 Å². The topological polar surface area (TPSA) is 113 Å². The Kier molecular flexibility index (Phi) is 5.53. The van der Waals surface area contributed by atoms with Crippen LogP contribution in [0.4, 0.5) is 5.69 Å². The van der Waals surface area contributed by atoms with Gasteiger partial charge >= 0.3 is 11.9 Å². The van der Waals surface area contributed by atoms with Gasteiger partial charge in [0.2, 0.25) is 5.78 Å². The Labute approximate surface area is 119 Å². The molecule has 0 radical (unpaired) electrons. The van der Waals surface area contributed by atoms with E-state index in [0.29, 0.717) is 0 Å². The first-order chi connectivity index (χ1) is 9.82. The molecule has 0 heterocycles. The smallest absolute Gasteiger partial charge is 0.303 e. The number of Topliss-reactive ketones (excluding diaryl/α,β-unsaturated/α-hetero) is 1. The second kappa shape index (κ2) is 7.13. The third kappa shape index (κ3) is 4.68. The summed E-state index contributed by atoms with van der Waals surface area (Å²) in [7, 11) is 0. The van der Waals surface area contributed by atoms with Crippen molar-refractivity contribution in [1.29, 1.82) is 0 Å². The third-order valence-electron chi connectivity index (χ3n) is 2.44. The molecule has 0 spiro atoms. The highest BCUT2D eigenvalue weighted by molar-refractivity contribution is 6.02. The van der Waals surface area contributed by atoms with Gasteiger partial charge in [0.05, 0.1) is 4.92 Å². The zero-order valence-electron chi connectivity index (χ0n) is 11.5. The van der Waals surface area contributed by atoms with Crippen molar-refractivity contribution in [2.24, 2.45) is 0 Å². The molecule has 8 nitrogen and oxygen atoms in total. The molecule has 21 heavy (non-hydrogen) atoms. The fraction of sp³-hybridized carbons (Fsp3) is 0.308. The van der Waals surface area contributed by atoms with Gasteiger partial charge in [-0.1, -0.05) is 12.1 Å². The Morgan fingerprint density at radius 3 is 2.29 bits per heavy atom. The second-order valence-electron chi connectivity index (χ2n) is 4.05. The fourth-order valence-corrected chi connectivity index (χ4v) is 1.60. The van der Waals surface area contributed by atoms with Crippen LogP contribution in [0.2, 0.25) is 0 Å². The lowest BCUT2D eigenvalue weighted by molar-refractivity contribution is -0.385. The number of nitrogens with zero attached hydrogens (tertiary/aromatic N) is 1. The van der Waals surface area contributed by atoms with Crippen LogP contribution in [0.25, 0.3) is 0 Å². The molecular weight excluding hydrogens is 282 g/mol. The second-order valence-corrected chi connectivity index (χ2v) is 4.05. The van der Waals surface area contributed by atoms with Crippen LogP contribution in [-0.2, 0) is 25.7 Å². The highest BCUT2D eigenvalue weighted by atomic mass is 16.6. The van der Waals surface area contributed by atoms with E-state index >= 15 is 0 Å². The molecule has 1 rings (SSSR count). The van der Waals surface area contributed by atoms with Crippen molar-refractivity contribution >= 4 is 23.4 Å². The van der Waals surface area contributed by atoms with Gasteiger partial charge in [0, 0.05) is 25.5 Å². The molecule has 0 N–H and O–H groups in total. The number of carbonyl (C=O) groups is 3. The van der Waals surface area contributed by atoms with E-state index in [1.165, 1.54) is 19.1 Å². The number of rotatable bonds is 6. The molecule has 0 aliphatic heterocycles. The quantitative estimate of drug-likeness (QED) is 0.337. The van der Waals surface area contributed by atoms with Crippen LogP contribution in [-0.4, -0.2) is 29.3 Å². The van der Waals surface area contributed by atoms with Crippen molar-refractivity contribution in [2.45, 2.75) is 20.5 Å². The summed E-state index contributed by atoms with van der Waals surface area (Å²) in [6.45, 7) is 1.40. The summed E-state index contributed by atoms with van der Waals surface area (Å²) in [6, 6.07) is 3.95. The minimum absolute atomic E-state index is 0.177. The standard InChI is InChI=1S/C13H13NO7/c1-8(15)20-6-10-4-3-5-11(14(18)19)13(10)12(17)7-21-9(2)16/h3-5H,6-7H2,1-2H3. The minimum Gasteiger partial charge on any atom is -0.461 e. The maximum atomic E-state index is 12.0. The molecular formula is C13H13NO7. The van der Waals surface area contributed by atoms with Gasteiger partial charge in [0.1, 0.15) is 12.2 Å². The lowest BCUT2D eigenvalue weighted by Crippen LogP contribution is -2.16. The van der Waals surface area contributed by atoms with Crippen LogP contribution in [0.1, 0.15) is 29.8 Å². The molecule has 0 bridgehead atoms. The van der Waals surface area contributed by atoms with Crippen molar-refractivity contribution in [1.82, 2.24) is 0 Å². The molecule has 0 aliphatic rings. The molecule has 1 aromatic carbocycles. The maximum Gasteiger partial charge on any atom is 0.303 e. The highest BCUT2D eigenvalue weighted by Gasteiger charge is 2.24. The average molecular weight is 295 g/mol. The summed E-state index contributed by atoms with van der Waals surface area (Å²) in [5.74, 6) is -2.00. The minimum atomic E-state index is -0.736. The molecule has 0 aliphatic carbocycles. The normalized spacial score (nSPS) is 9.81. The Bertz CT molecular complexity index is 594. The largest absolute Gasteiger partial charge is 0.461 e. The average Bonchev–Trinajstić information content (AvgIpc) is 2.41. The number of esters is 2. The number of ketones is 1. The monoisotopic (exact) mass is 295 g/mol. The summed E-state index contributed by atoms with van der Waals surface area (Å²) in [5, 5.41) is 11.0. The van der Waals surface area contributed by atoms with Gasteiger partial charge in [-0.3, -0.25) is 24.5 Å². The molecule has 0 saturated heterocycles. The molecule has 112 valence electrons. The Morgan fingerprint density at radius 1 is 1.14 bits per heavy atom. The van der Waals surface area contributed by atoms with Crippen LogP contribution in [0.3, 0.4) is 0 Å². The van der Waals surface area contributed by atoms with E-state index in [1.54, 1.807) is 0 Å². The summed E-state index contributed by atoms with van der Waals surface area (Å²) < 4.78 is 9.31. The predicted octanol–water partition coefficient (Wildman–Crippen LogP) is 1.40. The molecule has 0 aromatic heterocycles. The Hall–Kier alpha value is -2.77. The molecule has 0 fully saturated rings. The van der Waals surface area contributed by atoms with Crippen molar-refractivity contribution in [2.75, 3.05) is 6.61 Å². The van der Waals surface area contributed by atoms with E-state index < -0.39 is 34.9 Å². The predicted molar refractivity (Wildman–Crippen MR) is 69.5 cm³/mol. The summed E-state index contributed by atoms with van der Waals surface area (Å²) in [6.07, 6.45) is 0. The first-order valence-corrected chi connectivity index (χ1v) is 5.89. The van der Waals surface area contributed by atoms with E-state index in [0.717, 1.165) is 13.0 Å². The van der Waals surface area contributed by atoms with Crippen molar-refractivity contribution in [3.05, 3.63) is 39.4 Å². The van der Waals surface area contributed by atoms with Gasteiger partial charge in [0.25, 0.3) is 5.69 Å². The molecule has 8 heteroatoms. The molecule has 1 aromatic rings. The molecule has 0 unspecified atom stereocenters. The van der Waals surface area contributed by atoms with Crippen molar-refractivity contribution in [3.8, 4) is 0 Å². The van der Waals surface area contributed by atoms with E-state index in [9.17, 15) is 24.5 Å². The van der Waals surface area contributed by atoms with Gasteiger partial charge in [-0.05, 0) is 0 Å². The van der Waals surface area contributed by atoms with Crippen molar-refractivity contribution in [3.63, 3.8) is 0 Å². The van der Waals surface area contributed by atoms with Gasteiger partial charge in [0.15, 0.2) is 6.61 Å². The van der Waals surface area contributed by atoms with Gasteiger partial charge in [-0.2, -0.15) is 0 Å². The van der Waals surface area contributed by atoms with E-state index in [1.807, 2.05) is 0 Å². The number of nitro groups is 1. The van der Waals surface area contributed by atoms with E-state index in [4.69, 9.17) is 4.74 Å². The lowest BCUT2D eigenvalue weighted by atomic mass is 10.0. The van der Waals surface area contributed by atoms with Crippen LogP contribution in [0.5, 0.6) is 0 Å². The van der Waals surface area contributed by atoms with Crippen LogP contribution >= 0.6 is 0 Å². The van der Waals surface area contributed by atoms with Crippen LogP contribution in [0, 0.1) is 10.1 Å². The highest BCUT2D eigenvalue weighted by Crippen LogP contribution is 2.24. The first kappa shape index (κ1) is 16.3. The number of carbonyl (C=O) groups excluding carboxylic acids is 3. The maximum absolute atomic E-state index is 12.0. The van der Waals surface area contributed by atoms with Gasteiger partial charge in [-0.15, -0.1) is 0 Å². The number of ether oxygens (including phenoxy) is 2. The Morgan fingerprint density at radius 2 is 1.76 bits per heavy atom. The summed E-state index contributed by atoms with van der Waals surface area (Å²) in [5.41, 5.74) is -0.488. The van der Waals surface area contributed by atoms with Crippen LogP contribution < -0.4 is 0 Å². The van der Waals surface area contributed by atoms with Crippen molar-refractivity contribution < 1.29 is 28.8 Å². The number of benzene rings is 1. The molecule has 0 saturated carbocycles. The Balaban J connectivity index is 3.15. The lowest BCUT2D eigenvalue weighted by Gasteiger charge is -2.09. The van der Waals surface area contributed by atoms with E-state index in [-0.39, 0.29) is 17.7 Å². The molecule has 0 amide bonds. The molecule has 0 atom stereocenters. The zero-order valence-corrected chi connectivity index (χ0v) is 11.5. The van der Waals surface area contributed by atoms with Crippen LogP contribution in [0.15, 0.2) is 18.2 Å². The zero-order chi connectivity index (χ0) is 16.0. The first-order valence-electron chi connectivity index (χ1n) is 5.89. The fourth-order valence-electron chi connectivity index (χ4n) is 1.60. The number of hydrogen-bond acceptors (Lipinski definition) is 7. The summed E-state index contributed by atoms with van der Waals surface area (Å²) in [4.78, 5) is 43.8. The number of nitro benzene ring substituents is 1. The van der Waals surface area contributed by atoms with Gasteiger partial charge < -0.3 is 9.47 Å².